The average Bonchev–Trinajstić information content (AvgIpc) is 2.85. The van der Waals surface area contributed by atoms with E-state index in [1.807, 2.05) is 6.92 Å². The highest BCUT2D eigenvalue weighted by Gasteiger charge is 2.17. The summed E-state index contributed by atoms with van der Waals surface area (Å²) in [6.45, 7) is 3.58. The molecule has 124 valence electrons. The first-order chi connectivity index (χ1) is 11.4. The van der Waals surface area contributed by atoms with Gasteiger partial charge in [0.2, 0.25) is 5.91 Å². The van der Waals surface area contributed by atoms with E-state index in [2.05, 4.69) is 25.3 Å². The highest BCUT2D eigenvalue weighted by atomic mass is 32.2. The molecule has 3 rings (SSSR count). The van der Waals surface area contributed by atoms with Gasteiger partial charge in [-0.05, 0) is 32.0 Å². The topological polar surface area (TPSA) is 130 Å². The van der Waals surface area contributed by atoms with Crippen LogP contribution in [0.15, 0.2) is 34.2 Å². The Morgan fingerprint density at radius 1 is 1.25 bits per heavy atom. The number of aromatic nitrogens is 4. The normalized spacial score (nSPS) is 12.2. The summed E-state index contributed by atoms with van der Waals surface area (Å²) in [4.78, 5) is 37.3. The lowest BCUT2D eigenvalue weighted by Gasteiger charge is -2.11. The van der Waals surface area contributed by atoms with Crippen molar-refractivity contribution < 1.29 is 4.79 Å². The highest BCUT2D eigenvalue weighted by molar-refractivity contribution is 8.00. The SMILES string of the molecule is Cc1cc(N)nc(S[C@H](C)C(=O)Nc2ccc3[nH]c(=O)[nH]c3c2)n1. The number of nitrogens with two attached hydrogens (primary N) is 1. The van der Waals surface area contributed by atoms with Gasteiger partial charge < -0.3 is 21.0 Å². The number of anilines is 2. The number of amides is 1. The van der Waals surface area contributed by atoms with Crippen molar-refractivity contribution in [2.24, 2.45) is 0 Å². The van der Waals surface area contributed by atoms with E-state index >= 15 is 0 Å². The first-order valence-electron chi connectivity index (χ1n) is 7.21. The van der Waals surface area contributed by atoms with E-state index < -0.39 is 5.25 Å². The zero-order chi connectivity index (χ0) is 17.3. The van der Waals surface area contributed by atoms with Crippen LogP contribution in [0.3, 0.4) is 0 Å². The van der Waals surface area contributed by atoms with Crippen molar-refractivity contribution in [2.75, 3.05) is 11.1 Å². The molecule has 0 saturated carbocycles. The van der Waals surface area contributed by atoms with Crippen LogP contribution >= 0.6 is 11.8 Å². The van der Waals surface area contributed by atoms with Crippen LogP contribution < -0.4 is 16.7 Å². The van der Waals surface area contributed by atoms with Gasteiger partial charge in [0.15, 0.2) is 5.16 Å². The fourth-order valence-corrected chi connectivity index (χ4v) is 3.02. The van der Waals surface area contributed by atoms with Gasteiger partial charge in [-0.3, -0.25) is 4.79 Å². The smallest absolute Gasteiger partial charge is 0.323 e. The summed E-state index contributed by atoms with van der Waals surface area (Å²) in [5.74, 6) is 0.181. The Labute approximate surface area is 141 Å². The molecule has 24 heavy (non-hydrogen) atoms. The molecular formula is C15H16N6O2S. The second-order valence-corrected chi connectivity index (χ2v) is 6.61. The maximum absolute atomic E-state index is 12.3. The number of carbonyl (C=O) groups is 1. The van der Waals surface area contributed by atoms with Gasteiger partial charge in [0.25, 0.3) is 0 Å². The van der Waals surface area contributed by atoms with Crippen molar-refractivity contribution in [1.29, 1.82) is 0 Å². The molecule has 8 nitrogen and oxygen atoms in total. The van der Waals surface area contributed by atoms with Crippen molar-refractivity contribution in [2.45, 2.75) is 24.3 Å². The molecule has 3 aromatic rings. The van der Waals surface area contributed by atoms with Gasteiger partial charge in [-0.2, -0.15) is 0 Å². The fourth-order valence-electron chi connectivity index (χ4n) is 2.18. The van der Waals surface area contributed by atoms with E-state index in [1.54, 1.807) is 31.2 Å². The number of thioether (sulfide) groups is 1. The number of hydrogen-bond acceptors (Lipinski definition) is 6. The van der Waals surface area contributed by atoms with Crippen molar-refractivity contribution in [3.8, 4) is 0 Å². The van der Waals surface area contributed by atoms with Crippen LogP contribution in [0, 0.1) is 6.92 Å². The third-order valence-electron chi connectivity index (χ3n) is 3.29. The fraction of sp³-hybridized carbons (Fsp3) is 0.200. The van der Waals surface area contributed by atoms with Crippen molar-refractivity contribution in [3.05, 3.63) is 40.4 Å². The number of benzene rings is 1. The molecule has 0 aliphatic heterocycles. The quantitative estimate of drug-likeness (QED) is 0.421. The molecule has 0 saturated heterocycles. The lowest BCUT2D eigenvalue weighted by Crippen LogP contribution is -2.22. The molecule has 1 amide bonds. The Balaban J connectivity index is 1.71. The van der Waals surface area contributed by atoms with E-state index in [9.17, 15) is 9.59 Å². The van der Waals surface area contributed by atoms with Crippen LogP contribution in [0.4, 0.5) is 11.5 Å². The van der Waals surface area contributed by atoms with E-state index in [-0.39, 0.29) is 11.6 Å². The molecule has 0 aliphatic carbocycles. The van der Waals surface area contributed by atoms with E-state index in [4.69, 9.17) is 5.73 Å². The zero-order valence-electron chi connectivity index (χ0n) is 13.1. The van der Waals surface area contributed by atoms with Gasteiger partial charge in [0.1, 0.15) is 5.82 Å². The highest BCUT2D eigenvalue weighted by Crippen LogP contribution is 2.22. The van der Waals surface area contributed by atoms with Gasteiger partial charge in [-0.15, -0.1) is 0 Å². The Morgan fingerprint density at radius 2 is 2.00 bits per heavy atom. The van der Waals surface area contributed by atoms with Gasteiger partial charge in [0.05, 0.1) is 16.3 Å². The number of aryl methyl sites for hydroxylation is 1. The number of nitrogens with one attached hydrogen (secondary N) is 3. The monoisotopic (exact) mass is 344 g/mol. The maximum Gasteiger partial charge on any atom is 0.323 e. The number of carbonyl (C=O) groups excluding carboxylic acids is 1. The second-order valence-electron chi connectivity index (χ2n) is 5.31. The molecule has 0 unspecified atom stereocenters. The lowest BCUT2D eigenvalue weighted by molar-refractivity contribution is -0.115. The zero-order valence-corrected chi connectivity index (χ0v) is 13.9. The molecule has 0 spiro atoms. The summed E-state index contributed by atoms with van der Waals surface area (Å²) >= 11 is 1.23. The van der Waals surface area contributed by atoms with Crippen LogP contribution in [0.2, 0.25) is 0 Å². The predicted molar refractivity (Wildman–Crippen MR) is 94.0 cm³/mol. The van der Waals surface area contributed by atoms with Crippen LogP contribution in [0.5, 0.6) is 0 Å². The van der Waals surface area contributed by atoms with Gasteiger partial charge >= 0.3 is 5.69 Å². The maximum atomic E-state index is 12.3. The number of aromatic amines is 2. The van der Waals surface area contributed by atoms with Gasteiger partial charge in [0, 0.05) is 17.4 Å². The molecule has 5 N–H and O–H groups in total. The van der Waals surface area contributed by atoms with Crippen LogP contribution in [0.1, 0.15) is 12.6 Å². The summed E-state index contributed by atoms with van der Waals surface area (Å²) in [6, 6.07) is 6.82. The molecular weight excluding hydrogens is 328 g/mol. The largest absolute Gasteiger partial charge is 0.384 e. The molecule has 9 heteroatoms. The molecule has 0 aliphatic rings. The minimum atomic E-state index is -0.410. The van der Waals surface area contributed by atoms with Crippen molar-refractivity contribution in [3.63, 3.8) is 0 Å². The standard InChI is InChI=1S/C15H16N6O2S/c1-7-5-12(16)21-15(17-7)24-8(2)13(22)18-9-3-4-10-11(6-9)20-14(23)19-10/h3-6,8H,1-2H3,(H,18,22)(H2,16,17,21)(H2,19,20,23)/t8-/m1/s1. The molecule has 2 aromatic heterocycles. The number of fused-ring (bicyclic) bond motifs is 1. The summed E-state index contributed by atoms with van der Waals surface area (Å²) in [7, 11) is 0. The number of imidazole rings is 1. The van der Waals surface area contributed by atoms with E-state index in [0.717, 1.165) is 5.69 Å². The van der Waals surface area contributed by atoms with Gasteiger partial charge in [-0.25, -0.2) is 14.8 Å². The van der Waals surface area contributed by atoms with Crippen molar-refractivity contribution in [1.82, 2.24) is 19.9 Å². The van der Waals surface area contributed by atoms with Crippen LogP contribution in [-0.2, 0) is 4.79 Å². The van der Waals surface area contributed by atoms with Crippen molar-refractivity contribution >= 4 is 40.2 Å². The lowest BCUT2D eigenvalue weighted by atomic mass is 10.2. The average molecular weight is 344 g/mol. The summed E-state index contributed by atoms with van der Waals surface area (Å²) in [5.41, 5.74) is 8.07. The molecule has 2 heterocycles. The second kappa shape index (κ2) is 6.36. The Hall–Kier alpha value is -2.81. The summed E-state index contributed by atoms with van der Waals surface area (Å²) < 4.78 is 0. The first kappa shape index (κ1) is 16.1. The number of nitrogens with zero attached hydrogens (tertiary/aromatic N) is 2. The third-order valence-corrected chi connectivity index (χ3v) is 4.25. The molecule has 1 atom stereocenters. The molecule has 0 radical (unpaired) electrons. The van der Waals surface area contributed by atoms with Crippen LogP contribution in [-0.4, -0.2) is 31.1 Å². The minimum Gasteiger partial charge on any atom is -0.384 e. The Bertz CT molecular complexity index is 944. The Morgan fingerprint density at radius 3 is 2.75 bits per heavy atom. The van der Waals surface area contributed by atoms with E-state index in [0.29, 0.717) is 27.7 Å². The molecule has 0 fully saturated rings. The van der Waals surface area contributed by atoms with Crippen LogP contribution in [0.25, 0.3) is 11.0 Å². The minimum absolute atomic E-state index is 0.194. The third kappa shape index (κ3) is 3.57. The summed E-state index contributed by atoms with van der Waals surface area (Å²) in [5, 5.41) is 2.86. The summed E-state index contributed by atoms with van der Waals surface area (Å²) in [6.07, 6.45) is 0. The number of H-pyrrole nitrogens is 2. The first-order valence-corrected chi connectivity index (χ1v) is 8.09. The number of nitrogen functional groups attached to an aromatic ring is 1. The van der Waals surface area contributed by atoms with Gasteiger partial charge in [-0.1, -0.05) is 11.8 Å². The number of rotatable bonds is 4. The molecule has 1 aromatic carbocycles. The molecule has 0 bridgehead atoms. The Kier molecular flexibility index (Phi) is 4.26. The van der Waals surface area contributed by atoms with E-state index in [1.165, 1.54) is 11.8 Å². The predicted octanol–water partition coefficient (Wildman–Crippen LogP) is 1.66. The number of hydrogen-bond donors (Lipinski definition) is 4.